The van der Waals surface area contributed by atoms with E-state index in [4.69, 9.17) is 5.11 Å². The molecule has 1 N–H and O–H groups in total. The molecule has 0 spiro atoms. The van der Waals surface area contributed by atoms with Gasteiger partial charge in [-0.05, 0) is 0 Å². The van der Waals surface area contributed by atoms with Gasteiger partial charge in [-0.25, -0.2) is 9.18 Å². The Morgan fingerprint density at radius 2 is 1.12 bits per heavy atom. The first-order valence-corrected chi connectivity index (χ1v) is 5.18. The minimum atomic E-state index is -7.94. The van der Waals surface area contributed by atoms with Crippen LogP contribution in [0.3, 0.4) is 0 Å². The topological polar surface area (TPSA) is 37.3 Å². The summed E-state index contributed by atoms with van der Waals surface area (Å²) in [5.74, 6) is -34.4. The van der Waals surface area contributed by atoms with Gasteiger partial charge in [0.05, 0.1) is 0 Å². The van der Waals surface area contributed by atoms with Gasteiger partial charge in [-0.3, -0.25) is 0 Å². The monoisotopic (exact) mass is 408 g/mol. The molecule has 25 heavy (non-hydrogen) atoms. The van der Waals surface area contributed by atoms with Gasteiger partial charge in [-0.1, -0.05) is 0 Å². The third-order valence-corrected chi connectivity index (χ3v) is 2.53. The maximum atomic E-state index is 13.1. The number of hydrogen-bond acceptors (Lipinski definition) is 1. The van der Waals surface area contributed by atoms with E-state index in [1.165, 1.54) is 0 Å². The molecule has 0 aliphatic carbocycles. The number of hydrogen-bond donors (Lipinski definition) is 1. The summed E-state index contributed by atoms with van der Waals surface area (Å²) in [6, 6.07) is 0. The van der Waals surface area contributed by atoms with Crippen molar-refractivity contribution in [3.8, 4) is 0 Å². The molecule has 1 atom stereocenters. The standard InChI is InChI=1S/C9H2F14O2/c10-2(11)1(3(24)25)5(13,14)8(20,21)9(22,23)6(15,16)4(12)7(17,18)19/h4H,(H,24,25). The smallest absolute Gasteiger partial charge is 0.425 e. The zero-order valence-corrected chi connectivity index (χ0v) is 10.7. The summed E-state index contributed by atoms with van der Waals surface area (Å²) in [6.07, 6.45) is -17.3. The molecule has 0 saturated carbocycles. The van der Waals surface area contributed by atoms with Gasteiger partial charge in [0.2, 0.25) is 0 Å². The van der Waals surface area contributed by atoms with E-state index in [0.717, 1.165) is 0 Å². The summed E-state index contributed by atoms with van der Waals surface area (Å²) >= 11 is 0. The minimum absolute atomic E-state index is 3.67. The lowest BCUT2D eigenvalue weighted by Gasteiger charge is -2.37. The first-order chi connectivity index (χ1) is 10.7. The number of carbonyl (C=O) groups is 1. The van der Waals surface area contributed by atoms with E-state index in [2.05, 4.69) is 0 Å². The maximum absolute atomic E-state index is 13.1. The summed E-state index contributed by atoms with van der Waals surface area (Å²) in [5.41, 5.74) is -4.09. The Balaban J connectivity index is 6.48. The largest absolute Gasteiger partial charge is 0.478 e. The van der Waals surface area contributed by atoms with E-state index < -0.39 is 53.7 Å². The lowest BCUT2D eigenvalue weighted by molar-refractivity contribution is -0.386. The fourth-order valence-electron chi connectivity index (χ4n) is 1.26. The molecule has 0 saturated heterocycles. The molecule has 0 fully saturated rings. The van der Waals surface area contributed by atoms with Crippen LogP contribution in [-0.2, 0) is 4.79 Å². The number of halogens is 14. The quantitative estimate of drug-likeness (QED) is 0.513. The molecule has 0 heterocycles. The molecule has 0 radical (unpaired) electrons. The van der Waals surface area contributed by atoms with Crippen molar-refractivity contribution >= 4 is 5.97 Å². The summed E-state index contributed by atoms with van der Waals surface area (Å²) < 4.78 is 175. The molecule has 0 aromatic carbocycles. The molecule has 148 valence electrons. The number of rotatable bonds is 6. The first-order valence-electron chi connectivity index (χ1n) is 5.18. The SMILES string of the molecule is O=C(O)C(=C(F)F)C(F)(F)C(F)(F)C(F)(F)C(F)(F)C(F)C(F)(F)F. The second kappa shape index (κ2) is 6.19. The van der Waals surface area contributed by atoms with Crippen molar-refractivity contribution in [1.82, 2.24) is 0 Å². The second-order valence-corrected chi connectivity index (χ2v) is 4.19. The highest BCUT2D eigenvalue weighted by molar-refractivity contribution is 5.89. The van der Waals surface area contributed by atoms with Crippen LogP contribution in [0.15, 0.2) is 11.7 Å². The molecule has 0 aliphatic rings. The Hall–Kier alpha value is -1.77. The Morgan fingerprint density at radius 3 is 1.36 bits per heavy atom. The zero-order valence-electron chi connectivity index (χ0n) is 10.7. The van der Waals surface area contributed by atoms with Crippen molar-refractivity contribution in [2.75, 3.05) is 0 Å². The highest BCUT2D eigenvalue weighted by Crippen LogP contribution is 2.57. The maximum Gasteiger partial charge on any atom is 0.425 e. The van der Waals surface area contributed by atoms with Gasteiger partial charge in [-0.15, -0.1) is 0 Å². The van der Waals surface area contributed by atoms with E-state index in [0.29, 0.717) is 0 Å². The molecule has 0 bridgehead atoms. The number of carboxylic acids is 1. The van der Waals surface area contributed by atoms with E-state index in [1.807, 2.05) is 0 Å². The third-order valence-electron chi connectivity index (χ3n) is 2.53. The van der Waals surface area contributed by atoms with Crippen molar-refractivity contribution in [2.45, 2.75) is 36.0 Å². The lowest BCUT2D eigenvalue weighted by Crippen LogP contribution is -2.67. The molecule has 0 rings (SSSR count). The summed E-state index contributed by atoms with van der Waals surface area (Å²) in [4.78, 5) is 10.1. The molecule has 2 nitrogen and oxygen atoms in total. The van der Waals surface area contributed by atoms with Gasteiger partial charge in [0.1, 0.15) is 0 Å². The lowest BCUT2D eigenvalue weighted by atomic mass is 9.91. The fraction of sp³-hybridized carbons (Fsp3) is 0.667. The molecule has 0 amide bonds. The van der Waals surface area contributed by atoms with Crippen LogP contribution >= 0.6 is 0 Å². The van der Waals surface area contributed by atoms with Crippen LogP contribution < -0.4 is 0 Å². The Labute approximate surface area is 126 Å². The Bertz CT molecular complexity index is 555. The molecule has 0 aromatic heterocycles. The van der Waals surface area contributed by atoms with Crippen LogP contribution in [0, 0.1) is 0 Å². The first kappa shape index (κ1) is 23.2. The van der Waals surface area contributed by atoms with Crippen molar-refractivity contribution < 1.29 is 71.4 Å². The molecule has 16 heteroatoms. The summed E-state index contributed by atoms with van der Waals surface area (Å²) in [6.45, 7) is 0. The third kappa shape index (κ3) is 3.47. The summed E-state index contributed by atoms with van der Waals surface area (Å²) in [7, 11) is 0. The Kier molecular flexibility index (Phi) is 5.75. The fourth-order valence-corrected chi connectivity index (χ4v) is 1.26. The van der Waals surface area contributed by atoms with Crippen molar-refractivity contribution in [3.05, 3.63) is 11.7 Å². The Morgan fingerprint density at radius 1 is 0.760 bits per heavy atom. The molecule has 0 aromatic rings. The normalized spacial score (nSPS) is 15.8. The van der Waals surface area contributed by atoms with E-state index in [1.54, 1.807) is 0 Å². The zero-order chi connectivity index (χ0) is 20.8. The average molecular weight is 408 g/mol. The average Bonchev–Trinajstić information content (AvgIpc) is 2.34. The van der Waals surface area contributed by atoms with E-state index >= 15 is 0 Å². The second-order valence-electron chi connectivity index (χ2n) is 4.19. The van der Waals surface area contributed by atoms with Crippen LogP contribution in [0.5, 0.6) is 0 Å². The van der Waals surface area contributed by atoms with Crippen molar-refractivity contribution in [2.24, 2.45) is 0 Å². The molecular formula is C9H2F14O2. The van der Waals surface area contributed by atoms with Gasteiger partial charge >= 0.3 is 35.8 Å². The van der Waals surface area contributed by atoms with Crippen LogP contribution in [0.2, 0.25) is 0 Å². The van der Waals surface area contributed by atoms with Gasteiger partial charge in [0, 0.05) is 0 Å². The predicted octanol–water partition coefficient (Wildman–Crippen LogP) is 4.66. The van der Waals surface area contributed by atoms with Crippen LogP contribution in [-0.4, -0.2) is 47.1 Å². The predicted molar refractivity (Wildman–Crippen MR) is 47.6 cm³/mol. The van der Waals surface area contributed by atoms with Crippen molar-refractivity contribution in [1.29, 1.82) is 0 Å². The summed E-state index contributed by atoms with van der Waals surface area (Å²) in [5, 5.41) is 7.91. The minimum Gasteiger partial charge on any atom is -0.478 e. The van der Waals surface area contributed by atoms with Crippen LogP contribution in [0.1, 0.15) is 0 Å². The van der Waals surface area contributed by atoms with Gasteiger partial charge in [0.15, 0.2) is 5.57 Å². The highest BCUT2D eigenvalue weighted by Gasteiger charge is 2.86. The van der Waals surface area contributed by atoms with Gasteiger partial charge in [0.25, 0.3) is 12.3 Å². The highest BCUT2D eigenvalue weighted by atomic mass is 19.4. The van der Waals surface area contributed by atoms with E-state index in [9.17, 15) is 66.3 Å². The molecule has 1 unspecified atom stereocenters. The van der Waals surface area contributed by atoms with Gasteiger partial charge < -0.3 is 5.11 Å². The van der Waals surface area contributed by atoms with Crippen LogP contribution in [0.4, 0.5) is 61.5 Å². The number of carboxylic acid groups (broad SMARTS) is 1. The van der Waals surface area contributed by atoms with E-state index in [-0.39, 0.29) is 0 Å². The molecule has 0 aliphatic heterocycles. The van der Waals surface area contributed by atoms with Crippen molar-refractivity contribution in [3.63, 3.8) is 0 Å². The molecular weight excluding hydrogens is 406 g/mol. The van der Waals surface area contributed by atoms with Gasteiger partial charge in [-0.2, -0.15) is 57.1 Å². The number of alkyl halides is 12. The van der Waals surface area contributed by atoms with Crippen LogP contribution in [0.25, 0.3) is 0 Å². The number of aliphatic carboxylic acids is 1.